The number of carbonyl (C=O) groups is 2. The number of aryl methyl sites for hydroxylation is 2. The van der Waals surface area contributed by atoms with E-state index in [4.69, 9.17) is 4.74 Å². The van der Waals surface area contributed by atoms with E-state index in [9.17, 15) is 14.4 Å². The smallest absolute Gasteiger partial charge is 0.325 e. The van der Waals surface area contributed by atoms with E-state index >= 15 is 0 Å². The molecule has 1 amide bonds. The molecule has 9 nitrogen and oxygen atoms in total. The third-order valence-corrected chi connectivity index (χ3v) is 4.55. The molecule has 0 radical (unpaired) electrons. The zero-order valence-corrected chi connectivity index (χ0v) is 16.0. The molecule has 0 saturated heterocycles. The summed E-state index contributed by atoms with van der Waals surface area (Å²) in [5, 5.41) is 4.34. The minimum absolute atomic E-state index is 0.207. The lowest BCUT2D eigenvalue weighted by Gasteiger charge is -2.23. The number of hydrogen-bond donors (Lipinski definition) is 0. The summed E-state index contributed by atoms with van der Waals surface area (Å²) >= 11 is 0. The summed E-state index contributed by atoms with van der Waals surface area (Å²) < 4.78 is 7.42. The molecular weight excluding hydrogens is 362 g/mol. The lowest BCUT2D eigenvalue weighted by molar-refractivity contribution is -0.147. The van der Waals surface area contributed by atoms with E-state index in [1.165, 1.54) is 33.8 Å². The molecule has 0 aliphatic carbocycles. The molecule has 0 unspecified atom stereocenters. The number of rotatable bonds is 6. The third kappa shape index (κ3) is 3.93. The normalized spacial score (nSPS) is 10.8. The zero-order valence-electron chi connectivity index (χ0n) is 16.0. The van der Waals surface area contributed by atoms with Gasteiger partial charge in [-0.2, -0.15) is 5.10 Å². The van der Waals surface area contributed by atoms with Gasteiger partial charge in [-0.15, -0.1) is 0 Å². The Kier molecular flexibility index (Phi) is 5.53. The Morgan fingerprint density at radius 2 is 2.00 bits per heavy atom. The van der Waals surface area contributed by atoms with Gasteiger partial charge in [-0.3, -0.25) is 23.6 Å². The average molecular weight is 383 g/mol. The summed E-state index contributed by atoms with van der Waals surface area (Å²) in [5.41, 5.74) is 1.99. The van der Waals surface area contributed by atoms with Crippen molar-refractivity contribution < 1.29 is 14.3 Å². The fourth-order valence-electron chi connectivity index (χ4n) is 2.87. The first-order valence-electron chi connectivity index (χ1n) is 8.67. The van der Waals surface area contributed by atoms with Gasteiger partial charge in [0.25, 0.3) is 5.56 Å². The van der Waals surface area contributed by atoms with E-state index in [1.54, 1.807) is 7.05 Å². The van der Waals surface area contributed by atoms with Gasteiger partial charge in [0, 0.05) is 13.6 Å². The molecule has 0 fully saturated rings. The van der Waals surface area contributed by atoms with E-state index in [0.717, 1.165) is 11.1 Å². The average Bonchev–Trinajstić information content (AvgIpc) is 3.06. The molecule has 0 bridgehead atoms. The Morgan fingerprint density at radius 3 is 2.71 bits per heavy atom. The molecule has 3 rings (SSSR count). The van der Waals surface area contributed by atoms with Crippen LogP contribution in [0.4, 0.5) is 0 Å². The SMILES string of the molecule is COC(=O)CN(Cc1ccccc1C)C(=O)Cn1cnc2c(cnn2C)c1=O. The Morgan fingerprint density at radius 1 is 1.25 bits per heavy atom. The van der Waals surface area contributed by atoms with Crippen molar-refractivity contribution in [3.63, 3.8) is 0 Å². The molecule has 28 heavy (non-hydrogen) atoms. The van der Waals surface area contributed by atoms with E-state index in [2.05, 4.69) is 10.1 Å². The number of amides is 1. The lowest BCUT2D eigenvalue weighted by atomic mass is 10.1. The standard InChI is InChI=1S/C19H21N5O4/c1-13-6-4-5-7-14(13)9-23(11-17(26)28-3)16(25)10-24-12-20-18-15(19(24)27)8-21-22(18)2/h4-8,12H,9-11H2,1-3H3. The van der Waals surface area contributed by atoms with Crippen LogP contribution in [-0.2, 0) is 34.5 Å². The van der Waals surface area contributed by atoms with Crippen LogP contribution in [0.15, 0.2) is 41.6 Å². The molecule has 2 aromatic heterocycles. The van der Waals surface area contributed by atoms with Crippen LogP contribution in [0.25, 0.3) is 11.0 Å². The summed E-state index contributed by atoms with van der Waals surface area (Å²) in [5.74, 6) is -0.920. The van der Waals surface area contributed by atoms with Gasteiger partial charge in [0.1, 0.15) is 24.8 Å². The molecule has 0 aliphatic rings. The quantitative estimate of drug-likeness (QED) is 0.579. The number of benzene rings is 1. The summed E-state index contributed by atoms with van der Waals surface area (Å²) in [4.78, 5) is 42.8. The Bertz CT molecular complexity index is 1090. The molecule has 3 aromatic rings. The van der Waals surface area contributed by atoms with Crippen molar-refractivity contribution in [1.82, 2.24) is 24.2 Å². The maximum atomic E-state index is 12.9. The van der Waals surface area contributed by atoms with E-state index in [1.807, 2.05) is 31.2 Å². The predicted octanol–water partition coefficient (Wildman–Crippen LogP) is 0.640. The second-order valence-electron chi connectivity index (χ2n) is 6.44. The van der Waals surface area contributed by atoms with E-state index in [-0.39, 0.29) is 31.1 Å². The molecule has 0 aliphatic heterocycles. The summed E-state index contributed by atoms with van der Waals surface area (Å²) in [6.45, 7) is 1.72. The fourth-order valence-corrected chi connectivity index (χ4v) is 2.87. The second kappa shape index (κ2) is 8.03. The lowest BCUT2D eigenvalue weighted by Crippen LogP contribution is -2.39. The van der Waals surface area contributed by atoms with Crippen molar-refractivity contribution in [1.29, 1.82) is 0 Å². The molecule has 0 saturated carbocycles. The first-order chi connectivity index (χ1) is 13.4. The highest BCUT2D eigenvalue weighted by Gasteiger charge is 2.20. The van der Waals surface area contributed by atoms with Gasteiger partial charge in [-0.05, 0) is 18.1 Å². The number of hydrogen-bond acceptors (Lipinski definition) is 6. The van der Waals surface area contributed by atoms with Crippen molar-refractivity contribution in [3.05, 3.63) is 58.3 Å². The van der Waals surface area contributed by atoms with Gasteiger partial charge in [0.2, 0.25) is 5.91 Å². The van der Waals surface area contributed by atoms with Crippen molar-refractivity contribution in [3.8, 4) is 0 Å². The van der Waals surface area contributed by atoms with Gasteiger partial charge < -0.3 is 9.64 Å². The number of esters is 1. The number of aromatic nitrogens is 4. The molecular formula is C19H21N5O4. The monoisotopic (exact) mass is 383 g/mol. The van der Waals surface area contributed by atoms with Crippen molar-refractivity contribution in [2.24, 2.45) is 7.05 Å². The van der Waals surface area contributed by atoms with E-state index < -0.39 is 5.97 Å². The molecule has 1 aromatic carbocycles. The van der Waals surface area contributed by atoms with Crippen molar-refractivity contribution in [2.45, 2.75) is 20.0 Å². The minimum Gasteiger partial charge on any atom is -0.468 e. The van der Waals surface area contributed by atoms with Crippen LogP contribution < -0.4 is 5.56 Å². The number of ether oxygens (including phenoxy) is 1. The highest BCUT2D eigenvalue weighted by atomic mass is 16.5. The highest BCUT2D eigenvalue weighted by molar-refractivity contribution is 5.82. The van der Waals surface area contributed by atoms with Crippen LogP contribution in [0.2, 0.25) is 0 Å². The first-order valence-corrected chi connectivity index (χ1v) is 8.67. The van der Waals surface area contributed by atoms with Gasteiger partial charge in [-0.25, -0.2) is 4.98 Å². The molecule has 2 heterocycles. The fraction of sp³-hybridized carbons (Fsp3) is 0.316. The molecule has 9 heteroatoms. The van der Waals surface area contributed by atoms with Crippen LogP contribution in [0.1, 0.15) is 11.1 Å². The Labute approximate surface area is 161 Å². The number of methoxy groups -OCH3 is 1. The summed E-state index contributed by atoms with van der Waals surface area (Å²) in [6, 6.07) is 7.59. The Hall–Kier alpha value is -3.49. The maximum Gasteiger partial charge on any atom is 0.325 e. The van der Waals surface area contributed by atoms with Crippen LogP contribution in [0.5, 0.6) is 0 Å². The zero-order chi connectivity index (χ0) is 20.3. The second-order valence-corrected chi connectivity index (χ2v) is 6.44. The molecule has 146 valence electrons. The summed E-state index contributed by atoms with van der Waals surface area (Å²) in [7, 11) is 2.95. The number of fused-ring (bicyclic) bond motifs is 1. The van der Waals surface area contributed by atoms with Gasteiger partial charge >= 0.3 is 5.97 Å². The maximum absolute atomic E-state index is 12.9. The van der Waals surface area contributed by atoms with Crippen LogP contribution in [0, 0.1) is 6.92 Å². The molecule has 0 atom stereocenters. The van der Waals surface area contributed by atoms with Crippen LogP contribution in [0.3, 0.4) is 0 Å². The van der Waals surface area contributed by atoms with Crippen molar-refractivity contribution in [2.75, 3.05) is 13.7 Å². The van der Waals surface area contributed by atoms with Crippen LogP contribution in [-0.4, -0.2) is 49.8 Å². The number of carbonyl (C=O) groups excluding carboxylic acids is 2. The molecule has 0 N–H and O–H groups in total. The molecule has 0 spiro atoms. The highest BCUT2D eigenvalue weighted by Crippen LogP contribution is 2.11. The summed E-state index contributed by atoms with van der Waals surface area (Å²) in [6.07, 6.45) is 2.74. The number of nitrogens with zero attached hydrogens (tertiary/aromatic N) is 5. The Balaban J connectivity index is 1.86. The largest absolute Gasteiger partial charge is 0.468 e. The first kappa shape index (κ1) is 19.3. The predicted molar refractivity (Wildman–Crippen MR) is 101 cm³/mol. The minimum atomic E-state index is -0.532. The van der Waals surface area contributed by atoms with Gasteiger partial charge in [-0.1, -0.05) is 24.3 Å². The van der Waals surface area contributed by atoms with E-state index in [0.29, 0.717) is 11.0 Å². The van der Waals surface area contributed by atoms with Gasteiger partial charge in [0.15, 0.2) is 5.65 Å². The topological polar surface area (TPSA) is 99.3 Å². The van der Waals surface area contributed by atoms with Gasteiger partial charge in [0.05, 0.1) is 13.3 Å². The van der Waals surface area contributed by atoms with Crippen molar-refractivity contribution >= 4 is 22.9 Å². The third-order valence-electron chi connectivity index (χ3n) is 4.55. The van der Waals surface area contributed by atoms with Crippen LogP contribution >= 0.6 is 0 Å².